The van der Waals surface area contributed by atoms with Gasteiger partial charge in [-0.15, -0.1) is 0 Å². The van der Waals surface area contributed by atoms with Crippen LogP contribution in [0.1, 0.15) is 30.0 Å². The Kier molecular flexibility index (Phi) is 5.00. The van der Waals surface area contributed by atoms with Crippen molar-refractivity contribution in [1.82, 2.24) is 0 Å². The molecule has 0 aliphatic rings. The zero-order chi connectivity index (χ0) is 12.8. The van der Waals surface area contributed by atoms with Crippen molar-refractivity contribution in [3.63, 3.8) is 0 Å². The van der Waals surface area contributed by atoms with Crippen molar-refractivity contribution in [2.45, 2.75) is 32.6 Å². The lowest BCUT2D eigenvalue weighted by atomic mass is 10.0. The van der Waals surface area contributed by atoms with Crippen molar-refractivity contribution in [3.05, 3.63) is 69.7 Å². The molecular weight excluding hydrogens is 284 g/mol. The molecule has 2 aromatic carbocycles. The van der Waals surface area contributed by atoms with E-state index >= 15 is 0 Å². The highest BCUT2D eigenvalue weighted by atomic mass is 79.9. The lowest BCUT2D eigenvalue weighted by Gasteiger charge is -2.05. The summed E-state index contributed by atoms with van der Waals surface area (Å²) < 4.78 is 1.23. The third kappa shape index (κ3) is 3.71. The molecule has 0 spiro atoms. The molecule has 2 rings (SSSR count). The molecule has 0 fully saturated rings. The molecule has 0 N–H and O–H groups in total. The normalized spacial score (nSPS) is 10.6. The van der Waals surface area contributed by atoms with Crippen LogP contribution in [0.5, 0.6) is 0 Å². The lowest BCUT2D eigenvalue weighted by Crippen LogP contribution is -1.91. The van der Waals surface area contributed by atoms with Crippen LogP contribution in [0.25, 0.3) is 0 Å². The first-order valence-electron chi connectivity index (χ1n) is 6.61. The van der Waals surface area contributed by atoms with E-state index in [1.165, 1.54) is 27.6 Å². The molecule has 0 unspecified atom stereocenters. The van der Waals surface area contributed by atoms with Gasteiger partial charge in [-0.25, -0.2) is 0 Å². The zero-order valence-corrected chi connectivity index (χ0v) is 12.4. The number of halogens is 1. The summed E-state index contributed by atoms with van der Waals surface area (Å²) in [6.45, 7) is 2.20. The largest absolute Gasteiger partial charge is 0.0619 e. The lowest BCUT2D eigenvalue weighted by molar-refractivity contribution is 0.817. The van der Waals surface area contributed by atoms with Crippen molar-refractivity contribution < 1.29 is 0 Å². The minimum Gasteiger partial charge on any atom is -0.0619 e. The Hall–Kier alpha value is -1.08. The standard InChI is InChI=1S/C17H19Br/c1-2-14-10-12-15(13-11-14)6-5-8-16-7-3-4-9-17(16)18/h3-4,7,9-13H,2,5-6,8H2,1H3. The van der Waals surface area contributed by atoms with E-state index in [2.05, 4.69) is 71.4 Å². The fraction of sp³-hybridized carbons (Fsp3) is 0.294. The first-order chi connectivity index (χ1) is 8.79. The Bertz CT molecular complexity index is 485. The van der Waals surface area contributed by atoms with Crippen molar-refractivity contribution in [2.75, 3.05) is 0 Å². The molecule has 0 aliphatic carbocycles. The Morgan fingerprint density at radius 3 is 2.17 bits per heavy atom. The van der Waals surface area contributed by atoms with E-state index in [1.807, 2.05) is 0 Å². The van der Waals surface area contributed by atoms with Crippen LogP contribution in [0.15, 0.2) is 53.0 Å². The van der Waals surface area contributed by atoms with Gasteiger partial charge >= 0.3 is 0 Å². The van der Waals surface area contributed by atoms with Crippen LogP contribution in [-0.4, -0.2) is 0 Å². The Morgan fingerprint density at radius 2 is 1.50 bits per heavy atom. The average Bonchev–Trinajstić information content (AvgIpc) is 2.42. The molecule has 18 heavy (non-hydrogen) atoms. The molecule has 0 saturated carbocycles. The van der Waals surface area contributed by atoms with E-state index < -0.39 is 0 Å². The molecule has 0 heterocycles. The predicted octanol–water partition coefficient (Wildman–Crippen LogP) is 5.19. The van der Waals surface area contributed by atoms with Gasteiger partial charge in [-0.1, -0.05) is 65.3 Å². The van der Waals surface area contributed by atoms with Crippen LogP contribution in [0, 0.1) is 0 Å². The van der Waals surface area contributed by atoms with Crippen molar-refractivity contribution in [2.24, 2.45) is 0 Å². The monoisotopic (exact) mass is 302 g/mol. The quantitative estimate of drug-likeness (QED) is 0.713. The van der Waals surface area contributed by atoms with E-state index in [1.54, 1.807) is 0 Å². The molecule has 0 nitrogen and oxygen atoms in total. The number of hydrogen-bond acceptors (Lipinski definition) is 0. The second kappa shape index (κ2) is 6.75. The van der Waals surface area contributed by atoms with Crippen LogP contribution in [0.4, 0.5) is 0 Å². The molecule has 0 radical (unpaired) electrons. The number of aryl methyl sites for hydroxylation is 3. The Morgan fingerprint density at radius 1 is 0.833 bits per heavy atom. The topological polar surface area (TPSA) is 0 Å². The minimum absolute atomic E-state index is 1.12. The van der Waals surface area contributed by atoms with Crippen LogP contribution < -0.4 is 0 Å². The van der Waals surface area contributed by atoms with Crippen LogP contribution >= 0.6 is 15.9 Å². The number of hydrogen-bond donors (Lipinski definition) is 0. The highest BCUT2D eigenvalue weighted by Crippen LogP contribution is 2.18. The molecular formula is C17H19Br. The zero-order valence-electron chi connectivity index (χ0n) is 10.8. The smallest absolute Gasteiger partial charge is 0.0207 e. The maximum Gasteiger partial charge on any atom is 0.0207 e. The molecule has 0 saturated heterocycles. The van der Waals surface area contributed by atoms with Crippen LogP contribution in [0.3, 0.4) is 0 Å². The molecule has 0 bridgehead atoms. The summed E-state index contributed by atoms with van der Waals surface area (Å²) in [6, 6.07) is 17.5. The molecule has 0 atom stereocenters. The maximum absolute atomic E-state index is 3.60. The second-order valence-electron chi connectivity index (χ2n) is 4.62. The van der Waals surface area contributed by atoms with E-state index in [-0.39, 0.29) is 0 Å². The number of rotatable bonds is 5. The molecule has 1 heteroatoms. The molecule has 0 aromatic heterocycles. The third-order valence-corrected chi connectivity index (χ3v) is 4.07. The highest BCUT2D eigenvalue weighted by molar-refractivity contribution is 9.10. The van der Waals surface area contributed by atoms with Gasteiger partial charge < -0.3 is 0 Å². The van der Waals surface area contributed by atoms with Gasteiger partial charge in [0.25, 0.3) is 0 Å². The summed E-state index contributed by atoms with van der Waals surface area (Å²) >= 11 is 3.60. The summed E-state index contributed by atoms with van der Waals surface area (Å²) in [5.74, 6) is 0. The van der Waals surface area contributed by atoms with Crippen LogP contribution in [-0.2, 0) is 19.3 Å². The predicted molar refractivity (Wildman–Crippen MR) is 82.0 cm³/mol. The van der Waals surface area contributed by atoms with Gasteiger partial charge in [-0.2, -0.15) is 0 Å². The summed E-state index contributed by atoms with van der Waals surface area (Å²) in [7, 11) is 0. The Labute approximate surface area is 118 Å². The van der Waals surface area contributed by atoms with Gasteiger partial charge in [0, 0.05) is 4.47 Å². The van der Waals surface area contributed by atoms with Gasteiger partial charge in [0.2, 0.25) is 0 Å². The fourth-order valence-electron chi connectivity index (χ4n) is 2.13. The first-order valence-corrected chi connectivity index (χ1v) is 7.40. The maximum atomic E-state index is 3.60. The van der Waals surface area contributed by atoms with E-state index in [4.69, 9.17) is 0 Å². The average molecular weight is 303 g/mol. The van der Waals surface area contributed by atoms with Gasteiger partial charge in [0.05, 0.1) is 0 Å². The SMILES string of the molecule is CCc1ccc(CCCc2ccccc2Br)cc1. The molecule has 94 valence electrons. The molecule has 2 aromatic rings. The van der Waals surface area contributed by atoms with Crippen molar-refractivity contribution in [1.29, 1.82) is 0 Å². The second-order valence-corrected chi connectivity index (χ2v) is 5.47. The molecule has 0 aliphatic heterocycles. The van der Waals surface area contributed by atoms with Crippen molar-refractivity contribution >= 4 is 15.9 Å². The first kappa shape index (κ1) is 13.4. The van der Waals surface area contributed by atoms with Gasteiger partial charge in [-0.3, -0.25) is 0 Å². The summed E-state index contributed by atoms with van der Waals surface area (Å²) in [6.07, 6.45) is 4.62. The van der Waals surface area contributed by atoms with Gasteiger partial charge in [-0.05, 0) is 48.4 Å². The fourth-order valence-corrected chi connectivity index (χ4v) is 2.61. The van der Waals surface area contributed by atoms with E-state index in [0.717, 1.165) is 19.3 Å². The summed E-state index contributed by atoms with van der Waals surface area (Å²) in [4.78, 5) is 0. The van der Waals surface area contributed by atoms with E-state index in [0.29, 0.717) is 0 Å². The number of benzene rings is 2. The minimum atomic E-state index is 1.12. The summed E-state index contributed by atoms with van der Waals surface area (Å²) in [5.41, 5.74) is 4.27. The van der Waals surface area contributed by atoms with Gasteiger partial charge in [0.15, 0.2) is 0 Å². The van der Waals surface area contributed by atoms with E-state index in [9.17, 15) is 0 Å². The van der Waals surface area contributed by atoms with Crippen molar-refractivity contribution in [3.8, 4) is 0 Å². The highest BCUT2D eigenvalue weighted by Gasteiger charge is 1.99. The van der Waals surface area contributed by atoms with Crippen LogP contribution in [0.2, 0.25) is 0 Å². The molecule has 0 amide bonds. The van der Waals surface area contributed by atoms with Gasteiger partial charge in [0.1, 0.15) is 0 Å². The summed E-state index contributed by atoms with van der Waals surface area (Å²) in [5, 5.41) is 0. The Balaban J connectivity index is 1.86. The third-order valence-electron chi connectivity index (χ3n) is 3.30.